The lowest BCUT2D eigenvalue weighted by molar-refractivity contribution is -0.129. The number of hydrogen-bond donors (Lipinski definition) is 1. The number of hydrogen-bond acceptors (Lipinski definition) is 2. The fraction of sp³-hybridized carbons (Fsp3) is 0.481. The molecule has 1 amide bonds. The molecule has 0 aliphatic heterocycles. The van der Waals surface area contributed by atoms with Gasteiger partial charge >= 0.3 is 0 Å². The van der Waals surface area contributed by atoms with Gasteiger partial charge in [0.25, 0.3) is 0 Å². The van der Waals surface area contributed by atoms with Gasteiger partial charge < -0.3 is 5.32 Å². The van der Waals surface area contributed by atoms with Gasteiger partial charge in [0, 0.05) is 18.4 Å². The van der Waals surface area contributed by atoms with Gasteiger partial charge in [-0.1, -0.05) is 36.4 Å². The number of nitrogens with zero attached hydrogens (tertiary/aromatic N) is 1. The van der Waals surface area contributed by atoms with Crippen molar-refractivity contribution in [2.24, 2.45) is 23.7 Å². The largest absolute Gasteiger partial charge is 0.352 e. The molecule has 1 aromatic carbocycles. The molecule has 4 bridgehead atoms. The molecule has 0 unspecified atom stereocenters. The third kappa shape index (κ3) is 3.71. The average molecular weight is 401 g/mol. The van der Waals surface area contributed by atoms with Crippen molar-refractivity contribution in [2.45, 2.75) is 57.4 Å². The maximum absolute atomic E-state index is 13.3. The van der Waals surface area contributed by atoms with E-state index in [0.717, 1.165) is 28.5 Å². The first-order valence-electron chi connectivity index (χ1n) is 11.5. The molecule has 0 spiro atoms. The van der Waals surface area contributed by atoms with E-state index in [4.69, 9.17) is 0 Å². The zero-order valence-electron chi connectivity index (χ0n) is 18.1. The molecule has 0 saturated heterocycles. The smallest absolute Gasteiger partial charge is 0.230 e. The number of amides is 1. The van der Waals surface area contributed by atoms with E-state index in [9.17, 15) is 4.79 Å². The van der Waals surface area contributed by atoms with Gasteiger partial charge in [0.05, 0.1) is 5.41 Å². The Kier molecular flexibility index (Phi) is 5.00. The van der Waals surface area contributed by atoms with Gasteiger partial charge in [-0.15, -0.1) is 0 Å². The van der Waals surface area contributed by atoms with Crippen molar-refractivity contribution in [3.05, 3.63) is 65.5 Å². The van der Waals surface area contributed by atoms with Crippen molar-refractivity contribution in [3.8, 4) is 0 Å². The Morgan fingerprint density at radius 3 is 1.97 bits per heavy atom. The molecular weight excluding hydrogens is 368 g/mol. The molecular formula is C27H32N2O. The minimum atomic E-state index is -0.526. The van der Waals surface area contributed by atoms with Gasteiger partial charge in [-0.05, 0) is 98.4 Å². The van der Waals surface area contributed by atoms with E-state index >= 15 is 0 Å². The van der Waals surface area contributed by atoms with Crippen molar-refractivity contribution < 1.29 is 4.79 Å². The van der Waals surface area contributed by atoms with Crippen LogP contribution in [0, 0.1) is 23.7 Å². The summed E-state index contributed by atoms with van der Waals surface area (Å²) in [4.78, 5) is 17.4. The van der Waals surface area contributed by atoms with Crippen LogP contribution in [-0.2, 0) is 10.2 Å². The maximum atomic E-state index is 13.3. The second-order valence-electron chi connectivity index (χ2n) is 10.3. The standard InChI is InChI=1S/C27H32N2O/c1-27(2,24-7-5-18(6-8-24)3-4-19-9-11-28-12-10-19)26(30)29-25-22-14-20-13-21(16-22)17-23(25)15-20/h3-12,20-23,25H,13-17H2,1-2H3,(H,29,30)/b4-3+. The van der Waals surface area contributed by atoms with Crippen LogP contribution in [0.2, 0.25) is 0 Å². The van der Waals surface area contributed by atoms with Gasteiger partial charge in [-0.3, -0.25) is 9.78 Å². The number of benzene rings is 1. The summed E-state index contributed by atoms with van der Waals surface area (Å²) in [6.07, 6.45) is 14.5. The molecule has 0 radical (unpaired) electrons. The summed E-state index contributed by atoms with van der Waals surface area (Å²) >= 11 is 0. The fourth-order valence-corrected chi connectivity index (χ4v) is 6.30. The molecule has 2 aromatic rings. The molecule has 1 N–H and O–H groups in total. The molecule has 0 atom stereocenters. The summed E-state index contributed by atoms with van der Waals surface area (Å²) in [6, 6.07) is 12.8. The van der Waals surface area contributed by atoms with E-state index in [0.29, 0.717) is 17.9 Å². The van der Waals surface area contributed by atoms with Crippen LogP contribution in [-0.4, -0.2) is 16.9 Å². The third-order valence-corrected chi connectivity index (χ3v) is 7.90. The van der Waals surface area contributed by atoms with Crippen molar-refractivity contribution in [2.75, 3.05) is 0 Å². The number of carbonyl (C=O) groups excluding carboxylic acids is 1. The molecule has 4 saturated carbocycles. The maximum Gasteiger partial charge on any atom is 0.230 e. The van der Waals surface area contributed by atoms with E-state index in [1.165, 1.54) is 32.1 Å². The van der Waals surface area contributed by atoms with E-state index in [1.807, 2.05) is 12.1 Å². The quantitative estimate of drug-likeness (QED) is 0.723. The van der Waals surface area contributed by atoms with Crippen LogP contribution in [0.3, 0.4) is 0 Å². The summed E-state index contributed by atoms with van der Waals surface area (Å²) in [5, 5.41) is 3.50. The van der Waals surface area contributed by atoms with E-state index in [1.54, 1.807) is 12.4 Å². The van der Waals surface area contributed by atoms with Gasteiger partial charge in [-0.2, -0.15) is 0 Å². The molecule has 3 heteroatoms. The lowest BCUT2D eigenvalue weighted by atomic mass is 9.54. The molecule has 4 aliphatic carbocycles. The predicted octanol–water partition coefficient (Wildman–Crippen LogP) is 5.47. The van der Waals surface area contributed by atoms with Crippen LogP contribution in [0.15, 0.2) is 48.8 Å². The normalized spacial score (nSPS) is 30.0. The Morgan fingerprint density at radius 2 is 1.40 bits per heavy atom. The number of aromatic nitrogens is 1. The highest BCUT2D eigenvalue weighted by atomic mass is 16.2. The molecule has 4 aliphatic rings. The molecule has 6 rings (SSSR count). The van der Waals surface area contributed by atoms with Crippen LogP contribution in [0.5, 0.6) is 0 Å². The second kappa shape index (κ2) is 7.68. The minimum Gasteiger partial charge on any atom is -0.352 e. The van der Waals surface area contributed by atoms with Gasteiger partial charge in [0.2, 0.25) is 5.91 Å². The van der Waals surface area contributed by atoms with Crippen LogP contribution in [0.25, 0.3) is 12.2 Å². The molecule has 1 heterocycles. The van der Waals surface area contributed by atoms with Crippen molar-refractivity contribution in [3.63, 3.8) is 0 Å². The predicted molar refractivity (Wildman–Crippen MR) is 122 cm³/mol. The van der Waals surface area contributed by atoms with E-state index in [2.05, 4.69) is 60.6 Å². The van der Waals surface area contributed by atoms with Crippen LogP contribution in [0.4, 0.5) is 0 Å². The van der Waals surface area contributed by atoms with Gasteiger partial charge in [-0.25, -0.2) is 0 Å². The fourth-order valence-electron chi connectivity index (χ4n) is 6.30. The lowest BCUT2D eigenvalue weighted by Gasteiger charge is -2.54. The first kappa shape index (κ1) is 19.5. The third-order valence-electron chi connectivity index (χ3n) is 7.90. The zero-order valence-corrected chi connectivity index (χ0v) is 18.1. The van der Waals surface area contributed by atoms with Gasteiger partial charge in [0.15, 0.2) is 0 Å². The Bertz CT molecular complexity index is 901. The number of rotatable bonds is 5. The highest BCUT2D eigenvalue weighted by Gasteiger charge is 2.49. The monoisotopic (exact) mass is 400 g/mol. The first-order valence-corrected chi connectivity index (χ1v) is 11.5. The number of carbonyl (C=O) groups is 1. The summed E-state index contributed by atoms with van der Waals surface area (Å²) in [7, 11) is 0. The minimum absolute atomic E-state index is 0.181. The molecule has 3 nitrogen and oxygen atoms in total. The van der Waals surface area contributed by atoms with E-state index < -0.39 is 5.41 Å². The summed E-state index contributed by atoms with van der Waals surface area (Å²) in [5.41, 5.74) is 2.81. The Balaban J connectivity index is 1.26. The van der Waals surface area contributed by atoms with Gasteiger partial charge in [0.1, 0.15) is 0 Å². The lowest BCUT2D eigenvalue weighted by Crippen LogP contribution is -2.58. The summed E-state index contributed by atoms with van der Waals surface area (Å²) in [6.45, 7) is 4.11. The Labute approximate surface area is 180 Å². The molecule has 1 aromatic heterocycles. The van der Waals surface area contributed by atoms with Crippen LogP contribution in [0.1, 0.15) is 62.6 Å². The molecule has 4 fully saturated rings. The van der Waals surface area contributed by atoms with Crippen molar-refractivity contribution in [1.29, 1.82) is 0 Å². The number of nitrogens with one attached hydrogen (secondary N) is 1. The zero-order chi connectivity index (χ0) is 20.7. The highest BCUT2D eigenvalue weighted by molar-refractivity contribution is 5.87. The van der Waals surface area contributed by atoms with Crippen molar-refractivity contribution in [1.82, 2.24) is 10.3 Å². The topological polar surface area (TPSA) is 42.0 Å². The van der Waals surface area contributed by atoms with E-state index in [-0.39, 0.29) is 5.91 Å². The summed E-state index contributed by atoms with van der Waals surface area (Å²) < 4.78 is 0. The highest BCUT2D eigenvalue weighted by Crippen LogP contribution is 2.53. The molecule has 156 valence electrons. The first-order chi connectivity index (χ1) is 14.5. The van der Waals surface area contributed by atoms with Crippen LogP contribution < -0.4 is 5.32 Å². The second-order valence-corrected chi connectivity index (χ2v) is 10.3. The Hall–Kier alpha value is -2.42. The van der Waals surface area contributed by atoms with Crippen molar-refractivity contribution >= 4 is 18.1 Å². The van der Waals surface area contributed by atoms with Crippen LogP contribution >= 0.6 is 0 Å². The number of pyridine rings is 1. The average Bonchev–Trinajstić information content (AvgIpc) is 2.75. The molecule has 30 heavy (non-hydrogen) atoms. The summed E-state index contributed by atoms with van der Waals surface area (Å²) in [5.74, 6) is 3.46. The Morgan fingerprint density at radius 1 is 0.867 bits per heavy atom. The SMILES string of the molecule is CC(C)(C(=O)NC1C2CC3CC(C2)CC1C3)c1ccc(/C=C/c2ccncc2)cc1.